The van der Waals surface area contributed by atoms with E-state index in [1.165, 1.54) is 4.90 Å². The van der Waals surface area contributed by atoms with Gasteiger partial charge in [0.25, 0.3) is 0 Å². The summed E-state index contributed by atoms with van der Waals surface area (Å²) in [7, 11) is 0. The van der Waals surface area contributed by atoms with Crippen LogP contribution in [0.25, 0.3) is 0 Å². The smallest absolute Gasteiger partial charge is 0.407 e. The number of carboxylic acid groups (broad SMARTS) is 1. The summed E-state index contributed by atoms with van der Waals surface area (Å²) in [6, 6.07) is 0. The number of hydrogen-bond acceptors (Lipinski definition) is 3. The molecule has 6 nitrogen and oxygen atoms in total. The molecule has 0 aliphatic carbocycles. The molecule has 1 fully saturated rings. The molecule has 92 valence electrons. The van der Waals surface area contributed by atoms with Crippen molar-refractivity contribution in [1.29, 1.82) is 0 Å². The third-order valence-corrected chi connectivity index (χ3v) is 3.03. The SMILES string of the molecule is O=C(CCCC1CCN(C(=O)O)CC1)NO. The Hall–Kier alpha value is -1.30. The van der Waals surface area contributed by atoms with Gasteiger partial charge in [-0.1, -0.05) is 0 Å². The maximum Gasteiger partial charge on any atom is 0.407 e. The molecule has 1 saturated heterocycles. The fourth-order valence-corrected chi connectivity index (χ4v) is 2.02. The largest absolute Gasteiger partial charge is 0.465 e. The van der Waals surface area contributed by atoms with Gasteiger partial charge in [0, 0.05) is 19.5 Å². The zero-order chi connectivity index (χ0) is 12.0. The summed E-state index contributed by atoms with van der Waals surface area (Å²) in [6.07, 6.45) is 2.87. The topological polar surface area (TPSA) is 89.9 Å². The van der Waals surface area contributed by atoms with E-state index < -0.39 is 6.09 Å². The number of hydroxylamine groups is 1. The molecule has 1 aliphatic heterocycles. The van der Waals surface area contributed by atoms with Gasteiger partial charge in [0.05, 0.1) is 0 Å². The molecular formula is C10H18N2O4. The Balaban J connectivity index is 2.13. The molecule has 0 spiro atoms. The first-order valence-corrected chi connectivity index (χ1v) is 5.54. The van der Waals surface area contributed by atoms with Gasteiger partial charge in [-0.2, -0.15) is 0 Å². The number of amides is 2. The molecule has 0 radical (unpaired) electrons. The van der Waals surface area contributed by atoms with E-state index >= 15 is 0 Å². The summed E-state index contributed by atoms with van der Waals surface area (Å²) in [5.74, 6) is 0.144. The van der Waals surface area contributed by atoms with Crippen LogP contribution >= 0.6 is 0 Å². The minimum atomic E-state index is -0.849. The average molecular weight is 230 g/mol. The van der Waals surface area contributed by atoms with Crippen LogP contribution in [-0.2, 0) is 4.79 Å². The summed E-state index contributed by atoms with van der Waals surface area (Å²) in [5, 5.41) is 17.0. The minimum absolute atomic E-state index is 0.329. The van der Waals surface area contributed by atoms with E-state index in [0.29, 0.717) is 25.4 Å². The van der Waals surface area contributed by atoms with Crippen molar-refractivity contribution in [2.45, 2.75) is 32.1 Å². The van der Waals surface area contributed by atoms with Crippen LogP contribution < -0.4 is 5.48 Å². The Morgan fingerprint density at radius 1 is 1.31 bits per heavy atom. The first kappa shape index (κ1) is 12.8. The van der Waals surface area contributed by atoms with Crippen molar-refractivity contribution in [3.05, 3.63) is 0 Å². The maximum absolute atomic E-state index is 10.7. The Labute approximate surface area is 94.2 Å². The van der Waals surface area contributed by atoms with Crippen LogP contribution in [-0.4, -0.2) is 40.3 Å². The van der Waals surface area contributed by atoms with Crippen molar-refractivity contribution >= 4 is 12.0 Å². The number of hydrogen-bond donors (Lipinski definition) is 3. The number of likely N-dealkylation sites (tertiary alicyclic amines) is 1. The fraction of sp³-hybridized carbons (Fsp3) is 0.800. The van der Waals surface area contributed by atoms with Crippen molar-refractivity contribution in [2.24, 2.45) is 5.92 Å². The van der Waals surface area contributed by atoms with Gasteiger partial charge in [-0.3, -0.25) is 10.0 Å². The third-order valence-electron chi connectivity index (χ3n) is 3.03. The average Bonchev–Trinajstić information content (AvgIpc) is 2.29. The first-order valence-electron chi connectivity index (χ1n) is 5.54. The molecule has 1 heterocycles. The van der Waals surface area contributed by atoms with Gasteiger partial charge in [-0.25, -0.2) is 10.3 Å². The van der Waals surface area contributed by atoms with Gasteiger partial charge >= 0.3 is 6.09 Å². The predicted octanol–water partition coefficient (Wildman–Crippen LogP) is 1.05. The lowest BCUT2D eigenvalue weighted by atomic mass is 9.92. The fourth-order valence-electron chi connectivity index (χ4n) is 2.02. The van der Waals surface area contributed by atoms with Crippen molar-refractivity contribution in [2.75, 3.05) is 13.1 Å². The van der Waals surface area contributed by atoms with E-state index in [4.69, 9.17) is 10.3 Å². The van der Waals surface area contributed by atoms with Crippen molar-refractivity contribution in [3.63, 3.8) is 0 Å². The van der Waals surface area contributed by atoms with Gasteiger partial charge in [0.2, 0.25) is 5.91 Å². The monoisotopic (exact) mass is 230 g/mol. The molecule has 0 bridgehead atoms. The molecule has 16 heavy (non-hydrogen) atoms. The summed E-state index contributed by atoms with van der Waals surface area (Å²) in [6.45, 7) is 1.18. The third kappa shape index (κ3) is 4.06. The Morgan fingerprint density at radius 2 is 1.94 bits per heavy atom. The Kier molecular flexibility index (Phi) is 5.04. The van der Waals surface area contributed by atoms with Crippen molar-refractivity contribution in [1.82, 2.24) is 10.4 Å². The van der Waals surface area contributed by atoms with E-state index in [2.05, 4.69) is 0 Å². The Morgan fingerprint density at radius 3 is 2.44 bits per heavy atom. The van der Waals surface area contributed by atoms with Crippen LogP contribution in [0.1, 0.15) is 32.1 Å². The first-order chi connectivity index (χ1) is 7.63. The van der Waals surface area contributed by atoms with E-state index in [1.54, 1.807) is 5.48 Å². The molecule has 0 aromatic carbocycles. The minimum Gasteiger partial charge on any atom is -0.465 e. The van der Waals surface area contributed by atoms with Crippen LogP contribution in [0.5, 0.6) is 0 Å². The van der Waals surface area contributed by atoms with Crippen LogP contribution in [0.3, 0.4) is 0 Å². The summed E-state index contributed by atoms with van der Waals surface area (Å²) >= 11 is 0. The predicted molar refractivity (Wildman–Crippen MR) is 56.1 cm³/mol. The van der Waals surface area contributed by atoms with Crippen LogP contribution in [0.15, 0.2) is 0 Å². The van der Waals surface area contributed by atoms with Gasteiger partial charge < -0.3 is 10.0 Å². The summed E-state index contributed by atoms with van der Waals surface area (Å²) in [5.41, 5.74) is 1.60. The maximum atomic E-state index is 10.7. The lowest BCUT2D eigenvalue weighted by Gasteiger charge is -2.29. The molecule has 3 N–H and O–H groups in total. The van der Waals surface area contributed by atoms with E-state index in [0.717, 1.165) is 25.7 Å². The van der Waals surface area contributed by atoms with Gasteiger partial charge in [-0.05, 0) is 31.6 Å². The summed E-state index contributed by atoms with van der Waals surface area (Å²) < 4.78 is 0. The molecule has 0 aromatic heterocycles. The van der Waals surface area contributed by atoms with Crippen LogP contribution in [0, 0.1) is 5.92 Å². The second-order valence-electron chi connectivity index (χ2n) is 4.14. The summed E-state index contributed by atoms with van der Waals surface area (Å²) in [4.78, 5) is 22.8. The molecule has 0 unspecified atom stereocenters. The molecule has 1 rings (SSSR count). The normalized spacial score (nSPS) is 17.2. The molecule has 0 saturated carbocycles. The molecule has 0 aromatic rings. The number of carbonyl (C=O) groups is 2. The lowest BCUT2D eigenvalue weighted by molar-refractivity contribution is -0.129. The quantitative estimate of drug-likeness (QED) is 0.497. The number of nitrogens with zero attached hydrogens (tertiary/aromatic N) is 1. The highest BCUT2D eigenvalue weighted by Gasteiger charge is 2.21. The van der Waals surface area contributed by atoms with Gasteiger partial charge in [-0.15, -0.1) is 0 Å². The van der Waals surface area contributed by atoms with Crippen LogP contribution in [0.4, 0.5) is 4.79 Å². The lowest BCUT2D eigenvalue weighted by Crippen LogP contribution is -2.37. The highest BCUT2D eigenvalue weighted by atomic mass is 16.5. The molecular weight excluding hydrogens is 212 g/mol. The second-order valence-corrected chi connectivity index (χ2v) is 4.14. The zero-order valence-corrected chi connectivity index (χ0v) is 9.19. The molecule has 6 heteroatoms. The van der Waals surface area contributed by atoms with Crippen LogP contribution in [0.2, 0.25) is 0 Å². The van der Waals surface area contributed by atoms with E-state index in [-0.39, 0.29) is 5.91 Å². The molecule has 2 amide bonds. The number of carbonyl (C=O) groups excluding carboxylic acids is 1. The highest BCUT2D eigenvalue weighted by Crippen LogP contribution is 2.22. The zero-order valence-electron chi connectivity index (χ0n) is 9.19. The van der Waals surface area contributed by atoms with E-state index in [1.807, 2.05) is 0 Å². The standard InChI is InChI=1S/C10H18N2O4/c13-9(11-16)3-1-2-8-4-6-12(7-5-8)10(14)15/h8,16H,1-7H2,(H,11,13)(H,14,15). The second kappa shape index (κ2) is 6.32. The van der Waals surface area contributed by atoms with E-state index in [9.17, 15) is 9.59 Å². The van der Waals surface area contributed by atoms with Crippen molar-refractivity contribution in [3.8, 4) is 0 Å². The number of piperidine rings is 1. The van der Waals surface area contributed by atoms with Gasteiger partial charge in [0.1, 0.15) is 0 Å². The van der Waals surface area contributed by atoms with Gasteiger partial charge in [0.15, 0.2) is 0 Å². The Bertz CT molecular complexity index is 249. The molecule has 1 aliphatic rings. The highest BCUT2D eigenvalue weighted by molar-refractivity contribution is 5.74. The number of rotatable bonds is 4. The molecule has 0 atom stereocenters. The van der Waals surface area contributed by atoms with Crippen molar-refractivity contribution < 1.29 is 19.9 Å². The number of nitrogens with one attached hydrogen (secondary N) is 1.